The van der Waals surface area contributed by atoms with Crippen molar-refractivity contribution in [3.8, 4) is 0 Å². The smallest absolute Gasteiger partial charge is 0.229 e. The second kappa shape index (κ2) is 33.1. The summed E-state index contributed by atoms with van der Waals surface area (Å²) in [5, 5.41) is 15.5. The molecule has 0 spiro atoms. The number of nitrogens with one attached hydrogen (secondary N) is 5. The van der Waals surface area contributed by atoms with Crippen molar-refractivity contribution in [2.75, 3.05) is 66.9 Å². The van der Waals surface area contributed by atoms with Gasteiger partial charge in [0, 0.05) is 51.8 Å². The minimum absolute atomic E-state index is 0. The number of nitrogens with zero attached hydrogens (tertiary/aromatic N) is 6. The van der Waals surface area contributed by atoms with E-state index in [1.807, 2.05) is 0 Å². The minimum Gasteiger partial charge on any atom is -0.357 e. The van der Waals surface area contributed by atoms with Gasteiger partial charge in [-0.3, -0.25) is 4.43 Å². The number of anilines is 5. The van der Waals surface area contributed by atoms with Crippen LogP contribution in [0.15, 0.2) is 0 Å². The van der Waals surface area contributed by atoms with Crippen molar-refractivity contribution in [3.63, 3.8) is 0 Å². The van der Waals surface area contributed by atoms with Crippen LogP contribution in [0.4, 0.5) is 29.7 Å². The fraction of sp³-hybridized carbons (Fsp3) is 0.696. The summed E-state index contributed by atoms with van der Waals surface area (Å²) in [6.45, 7) is 13.8. The molecule has 0 saturated heterocycles. The Hall–Kier alpha value is -1.13. The van der Waals surface area contributed by atoms with Crippen LogP contribution in [0.25, 0.3) is 0 Å². The van der Waals surface area contributed by atoms with Crippen molar-refractivity contribution in [2.24, 2.45) is 5.73 Å². The minimum atomic E-state index is 0. The topological polar surface area (TPSA) is 164 Å². The van der Waals surface area contributed by atoms with Gasteiger partial charge in [0.2, 0.25) is 35.0 Å². The van der Waals surface area contributed by atoms with Gasteiger partial charge in [0.05, 0.1) is 0 Å². The normalized spacial score (nSPS) is 8.87. The van der Waals surface area contributed by atoms with Crippen LogP contribution < -0.4 is 32.3 Å². The Kier molecular flexibility index (Phi) is 38.1. The van der Waals surface area contributed by atoms with E-state index in [2.05, 4.69) is 124 Å². The third kappa shape index (κ3) is 25.6. The SMILES string of the molecule is CCCNc1nc(Cl)nc(NCCC)n1.CCCNc1nc(NC)nc(NCCC)n1.CC[CH-]I.CN.Cl.[V]. The van der Waals surface area contributed by atoms with E-state index in [1.54, 1.807) is 7.05 Å². The first kappa shape index (κ1) is 44.9. The van der Waals surface area contributed by atoms with E-state index in [0.29, 0.717) is 29.7 Å². The maximum atomic E-state index is 5.77. The van der Waals surface area contributed by atoms with Crippen LogP contribution in [0, 0.1) is 4.43 Å². The molecule has 2 heterocycles. The molecule has 0 aliphatic heterocycles. The van der Waals surface area contributed by atoms with Gasteiger partial charge in [0.15, 0.2) is 0 Å². The molecular weight excluding hydrogens is 693 g/mol. The number of rotatable bonds is 14. The molecule has 0 atom stereocenters. The van der Waals surface area contributed by atoms with Crippen LogP contribution in [-0.4, -0.2) is 70.2 Å². The fourth-order valence-electron chi connectivity index (χ4n) is 2.10. The van der Waals surface area contributed by atoms with Gasteiger partial charge in [-0.2, -0.15) is 36.3 Å². The first-order valence-corrected chi connectivity index (χ1v) is 14.4. The Bertz CT molecular complexity index is 742. The second-order valence-corrected chi connectivity index (χ2v) is 8.30. The summed E-state index contributed by atoms with van der Waals surface area (Å²) in [6, 6.07) is 0. The molecular formula is C23H48Cl2IN12V-. The summed E-state index contributed by atoms with van der Waals surface area (Å²) in [4.78, 5) is 24.8. The van der Waals surface area contributed by atoms with E-state index in [9.17, 15) is 0 Å². The molecule has 2 aromatic heterocycles. The third-order valence-electron chi connectivity index (χ3n) is 3.75. The molecule has 16 heteroatoms. The van der Waals surface area contributed by atoms with E-state index in [4.69, 9.17) is 11.6 Å². The van der Waals surface area contributed by atoms with E-state index in [-0.39, 0.29) is 36.2 Å². The maximum Gasteiger partial charge on any atom is 0.229 e. The molecule has 0 aliphatic carbocycles. The van der Waals surface area contributed by atoms with Crippen molar-refractivity contribution in [2.45, 2.75) is 66.7 Å². The van der Waals surface area contributed by atoms with Crippen LogP contribution in [0.1, 0.15) is 66.7 Å². The molecule has 0 amide bonds. The molecule has 0 fully saturated rings. The monoisotopic (exact) mass is 740 g/mol. The quantitative estimate of drug-likeness (QED) is 0.103. The Balaban J connectivity index is -0.000000251. The first-order chi connectivity index (χ1) is 18.0. The molecule has 0 saturated carbocycles. The number of hydrogen-bond donors (Lipinski definition) is 6. The average Bonchev–Trinajstić information content (AvgIpc) is 2.93. The maximum absolute atomic E-state index is 5.77. The van der Waals surface area contributed by atoms with Gasteiger partial charge < -0.3 is 54.9 Å². The summed E-state index contributed by atoms with van der Waals surface area (Å²) in [6.07, 6.45) is 5.29. The molecule has 2 aromatic rings. The van der Waals surface area contributed by atoms with E-state index < -0.39 is 0 Å². The summed E-state index contributed by atoms with van der Waals surface area (Å²) >= 11 is 7.99. The molecule has 1 radical (unpaired) electrons. The standard InChI is InChI=1S/C10H20N6.C9H16ClN5.C3H6I.CH5N.ClH.V/c1-4-6-12-9-14-8(11-3)15-10(16-9)13-7-5-2;1-3-5-11-8-13-7(10)14-9(15-8)12-6-4-2;1-2-3-4;1-2;;/h4-7H2,1-3H3,(H3,11,12,13,14,15,16);3-6H2,1-2H3,(H2,11,12,13,14,15);3H,2H2,1H3;2H2,1H3;1H;/q;;-1;;;. The van der Waals surface area contributed by atoms with Gasteiger partial charge in [0.1, 0.15) is 0 Å². The van der Waals surface area contributed by atoms with Gasteiger partial charge in [-0.05, 0) is 44.3 Å². The predicted molar refractivity (Wildman–Crippen MR) is 175 cm³/mol. The molecule has 2 rings (SSSR count). The van der Waals surface area contributed by atoms with Gasteiger partial charge in [0.25, 0.3) is 0 Å². The van der Waals surface area contributed by atoms with Gasteiger partial charge in [-0.25, -0.2) is 0 Å². The summed E-state index contributed by atoms with van der Waals surface area (Å²) in [5.74, 6) is 2.85. The summed E-state index contributed by atoms with van der Waals surface area (Å²) < 4.78 is 2.09. The van der Waals surface area contributed by atoms with Gasteiger partial charge in [-0.1, -0.05) is 34.6 Å². The third-order valence-corrected chi connectivity index (χ3v) is 4.80. The van der Waals surface area contributed by atoms with Crippen molar-refractivity contribution >= 4 is 76.3 Å². The van der Waals surface area contributed by atoms with Crippen molar-refractivity contribution in [1.82, 2.24) is 29.9 Å². The first-order valence-electron chi connectivity index (χ1n) is 12.8. The van der Waals surface area contributed by atoms with Crippen molar-refractivity contribution in [1.29, 1.82) is 0 Å². The molecule has 0 unspecified atom stereocenters. The van der Waals surface area contributed by atoms with Crippen LogP contribution in [0.5, 0.6) is 0 Å². The van der Waals surface area contributed by atoms with Crippen molar-refractivity contribution < 1.29 is 18.6 Å². The summed E-state index contributed by atoms with van der Waals surface area (Å²) in [5.41, 5.74) is 4.50. The predicted octanol–water partition coefficient (Wildman–Crippen LogP) is 5.71. The van der Waals surface area contributed by atoms with E-state index in [1.165, 1.54) is 13.5 Å². The Morgan fingerprint density at radius 1 is 0.641 bits per heavy atom. The van der Waals surface area contributed by atoms with Gasteiger partial charge in [-0.15, -0.1) is 12.4 Å². The Morgan fingerprint density at radius 2 is 0.897 bits per heavy atom. The largest absolute Gasteiger partial charge is 0.357 e. The van der Waals surface area contributed by atoms with Crippen LogP contribution in [0.3, 0.4) is 0 Å². The second-order valence-electron chi connectivity index (χ2n) is 7.08. The Morgan fingerprint density at radius 3 is 1.13 bits per heavy atom. The molecule has 227 valence electrons. The number of hydrogen-bond acceptors (Lipinski definition) is 12. The molecule has 12 nitrogen and oxygen atoms in total. The Labute approximate surface area is 272 Å². The number of aromatic nitrogens is 6. The number of nitrogens with two attached hydrogens (primary N) is 1. The van der Waals surface area contributed by atoms with E-state index >= 15 is 0 Å². The summed E-state index contributed by atoms with van der Waals surface area (Å²) in [7, 11) is 3.29. The van der Waals surface area contributed by atoms with Crippen molar-refractivity contribution in [3.05, 3.63) is 9.71 Å². The molecule has 0 bridgehead atoms. The van der Waals surface area contributed by atoms with Crippen LogP contribution >= 0.6 is 46.6 Å². The van der Waals surface area contributed by atoms with E-state index in [0.717, 1.165) is 51.9 Å². The zero-order valence-corrected chi connectivity index (χ0v) is 29.4. The molecule has 7 N–H and O–H groups in total. The average molecular weight is 741 g/mol. The van der Waals surface area contributed by atoms with Gasteiger partial charge >= 0.3 is 0 Å². The number of halogens is 3. The fourth-order valence-corrected chi connectivity index (χ4v) is 2.26. The molecule has 0 aliphatic rings. The zero-order chi connectivity index (χ0) is 28.3. The van der Waals surface area contributed by atoms with Crippen LogP contribution in [-0.2, 0) is 18.6 Å². The zero-order valence-electron chi connectivity index (χ0n) is 24.3. The molecule has 39 heavy (non-hydrogen) atoms. The molecule has 0 aromatic carbocycles. The van der Waals surface area contributed by atoms with Crippen LogP contribution in [0.2, 0.25) is 5.28 Å².